The fraction of sp³-hybridized carbons (Fsp3) is 0.125. The highest BCUT2D eigenvalue weighted by atomic mass is 35.5. The molecule has 1 aromatic carbocycles. The maximum Gasteiger partial charge on any atom is 0.165 e. The van der Waals surface area contributed by atoms with Gasteiger partial charge in [0, 0.05) is 0 Å². The molecule has 4 heteroatoms. The Bertz CT molecular complexity index is 334. The summed E-state index contributed by atoms with van der Waals surface area (Å²) in [5, 5.41) is 9.65. The van der Waals surface area contributed by atoms with E-state index >= 15 is 0 Å². The fourth-order valence-corrected chi connectivity index (χ4v) is 1.32. The van der Waals surface area contributed by atoms with Crippen molar-refractivity contribution in [2.75, 3.05) is 0 Å². The van der Waals surface area contributed by atoms with Gasteiger partial charge in [-0.2, -0.15) is 0 Å². The molecule has 0 aromatic heterocycles. The Balaban J connectivity index is 3.43. The summed E-state index contributed by atoms with van der Waals surface area (Å²) in [5.41, 5.74) is 0.0733. The largest absolute Gasteiger partial charge is 0.506 e. The van der Waals surface area contributed by atoms with Gasteiger partial charge < -0.3 is 5.11 Å². The number of benzene rings is 1. The molecule has 64 valence electrons. The number of Topliss-reactive ketones (excluding diaryl/α,β-unsaturated/α-hetero) is 1. The van der Waals surface area contributed by atoms with E-state index in [-0.39, 0.29) is 27.1 Å². The van der Waals surface area contributed by atoms with Crippen molar-refractivity contribution in [3.05, 3.63) is 27.7 Å². The zero-order chi connectivity index (χ0) is 9.30. The molecule has 0 aliphatic carbocycles. The highest BCUT2D eigenvalue weighted by molar-refractivity contribution is 6.37. The molecule has 0 fully saturated rings. The van der Waals surface area contributed by atoms with E-state index in [0.717, 1.165) is 0 Å². The number of phenolic OH excluding ortho intramolecular Hbond substituents is 1. The van der Waals surface area contributed by atoms with Gasteiger partial charge in [0.2, 0.25) is 0 Å². The molecule has 0 radical (unpaired) electrons. The van der Waals surface area contributed by atoms with E-state index in [1.165, 1.54) is 19.1 Å². The number of hydrogen-bond acceptors (Lipinski definition) is 2. The van der Waals surface area contributed by atoms with Crippen molar-refractivity contribution in [1.82, 2.24) is 0 Å². The van der Waals surface area contributed by atoms with Crippen LogP contribution in [0.5, 0.6) is 5.75 Å². The second kappa shape index (κ2) is 3.33. The van der Waals surface area contributed by atoms with Gasteiger partial charge in [-0.05, 0) is 19.1 Å². The van der Waals surface area contributed by atoms with Crippen molar-refractivity contribution in [2.24, 2.45) is 0 Å². The molecule has 0 saturated heterocycles. The third kappa shape index (κ3) is 1.54. The Kier molecular flexibility index (Phi) is 2.60. The maximum absolute atomic E-state index is 10.9. The normalized spacial score (nSPS) is 9.92. The van der Waals surface area contributed by atoms with Gasteiger partial charge in [0.05, 0.1) is 15.6 Å². The number of halogens is 2. The topological polar surface area (TPSA) is 37.3 Å². The van der Waals surface area contributed by atoms with Crippen LogP contribution in [0.2, 0.25) is 10.0 Å². The minimum Gasteiger partial charge on any atom is -0.506 e. The number of phenols is 1. The molecule has 0 atom stereocenters. The first kappa shape index (κ1) is 9.36. The van der Waals surface area contributed by atoms with Crippen LogP contribution >= 0.6 is 23.2 Å². The Morgan fingerprint density at radius 3 is 2.25 bits per heavy atom. The van der Waals surface area contributed by atoms with E-state index < -0.39 is 0 Å². The standard InChI is InChI=1S/C8H6Cl2O2/c1-4(11)7-5(9)2-3-6(10)8(7)12/h2-3,12H,1H3. The predicted molar refractivity (Wildman–Crippen MR) is 48.1 cm³/mol. The molecule has 1 rings (SSSR count). The molecule has 1 aromatic rings. The van der Waals surface area contributed by atoms with Crippen molar-refractivity contribution < 1.29 is 9.90 Å². The summed E-state index contributed by atoms with van der Waals surface area (Å²) in [6.45, 7) is 1.32. The molecule has 0 aliphatic heterocycles. The van der Waals surface area contributed by atoms with Gasteiger partial charge in [0.25, 0.3) is 0 Å². The van der Waals surface area contributed by atoms with Crippen molar-refractivity contribution in [2.45, 2.75) is 6.92 Å². The fourth-order valence-electron chi connectivity index (χ4n) is 0.876. The summed E-state index contributed by atoms with van der Waals surface area (Å²) < 4.78 is 0. The first-order chi connectivity index (χ1) is 5.54. The van der Waals surface area contributed by atoms with E-state index in [9.17, 15) is 9.90 Å². The van der Waals surface area contributed by atoms with Crippen molar-refractivity contribution in [3.8, 4) is 5.75 Å². The highest BCUT2D eigenvalue weighted by Gasteiger charge is 2.13. The lowest BCUT2D eigenvalue weighted by Crippen LogP contribution is -1.94. The Morgan fingerprint density at radius 2 is 1.83 bits per heavy atom. The Hall–Kier alpha value is -0.730. The second-order valence-electron chi connectivity index (χ2n) is 2.31. The number of aromatic hydroxyl groups is 1. The van der Waals surface area contributed by atoms with Crippen LogP contribution in [0.15, 0.2) is 12.1 Å². The van der Waals surface area contributed by atoms with E-state index in [0.29, 0.717) is 0 Å². The zero-order valence-corrected chi connectivity index (χ0v) is 7.78. The SMILES string of the molecule is CC(=O)c1c(Cl)ccc(Cl)c1O. The number of rotatable bonds is 1. The third-order valence-corrected chi connectivity index (χ3v) is 2.05. The first-order valence-electron chi connectivity index (χ1n) is 3.22. The minimum atomic E-state index is -0.306. The average Bonchev–Trinajstić information content (AvgIpc) is 1.97. The van der Waals surface area contributed by atoms with Gasteiger partial charge in [-0.1, -0.05) is 23.2 Å². The summed E-state index contributed by atoms with van der Waals surface area (Å²) in [6.07, 6.45) is 0. The van der Waals surface area contributed by atoms with Crippen LogP contribution in [0, 0.1) is 0 Å². The van der Waals surface area contributed by atoms with E-state index in [2.05, 4.69) is 0 Å². The molecule has 12 heavy (non-hydrogen) atoms. The van der Waals surface area contributed by atoms with Gasteiger partial charge in [-0.15, -0.1) is 0 Å². The van der Waals surface area contributed by atoms with E-state index in [1.54, 1.807) is 0 Å². The van der Waals surface area contributed by atoms with Gasteiger partial charge in [0.15, 0.2) is 5.78 Å². The van der Waals surface area contributed by atoms with Gasteiger partial charge in [-0.3, -0.25) is 4.79 Å². The molecular weight excluding hydrogens is 199 g/mol. The van der Waals surface area contributed by atoms with E-state index in [1.807, 2.05) is 0 Å². The van der Waals surface area contributed by atoms with Crippen LogP contribution in [0.3, 0.4) is 0 Å². The number of ketones is 1. The van der Waals surface area contributed by atoms with Crippen molar-refractivity contribution >= 4 is 29.0 Å². The first-order valence-corrected chi connectivity index (χ1v) is 3.97. The molecule has 0 unspecified atom stereocenters. The van der Waals surface area contributed by atoms with Gasteiger partial charge >= 0.3 is 0 Å². The summed E-state index contributed by atoms with van der Waals surface area (Å²) in [4.78, 5) is 10.9. The van der Waals surface area contributed by atoms with Crippen LogP contribution in [0.25, 0.3) is 0 Å². The molecule has 0 spiro atoms. The minimum absolute atomic E-state index is 0.0733. The number of carbonyl (C=O) groups is 1. The molecule has 1 N–H and O–H groups in total. The molecule has 0 heterocycles. The monoisotopic (exact) mass is 204 g/mol. The lowest BCUT2D eigenvalue weighted by molar-refractivity contribution is 0.101. The van der Waals surface area contributed by atoms with Crippen LogP contribution in [-0.2, 0) is 0 Å². The van der Waals surface area contributed by atoms with Crippen molar-refractivity contribution in [3.63, 3.8) is 0 Å². The average molecular weight is 205 g/mol. The number of carbonyl (C=O) groups excluding carboxylic acids is 1. The van der Waals surface area contributed by atoms with Crippen LogP contribution in [-0.4, -0.2) is 10.9 Å². The van der Waals surface area contributed by atoms with Crippen LogP contribution in [0.4, 0.5) is 0 Å². The predicted octanol–water partition coefficient (Wildman–Crippen LogP) is 2.90. The van der Waals surface area contributed by atoms with Crippen LogP contribution in [0.1, 0.15) is 17.3 Å². The van der Waals surface area contributed by atoms with E-state index in [4.69, 9.17) is 23.2 Å². The second-order valence-corrected chi connectivity index (χ2v) is 3.12. The lowest BCUT2D eigenvalue weighted by Gasteiger charge is -2.03. The van der Waals surface area contributed by atoms with Gasteiger partial charge in [-0.25, -0.2) is 0 Å². The zero-order valence-electron chi connectivity index (χ0n) is 6.27. The maximum atomic E-state index is 10.9. The Morgan fingerprint density at radius 1 is 1.33 bits per heavy atom. The van der Waals surface area contributed by atoms with Crippen LogP contribution < -0.4 is 0 Å². The summed E-state index contributed by atoms with van der Waals surface area (Å²) in [7, 11) is 0. The molecule has 0 bridgehead atoms. The molecular formula is C8H6Cl2O2. The lowest BCUT2D eigenvalue weighted by atomic mass is 10.1. The molecule has 0 saturated carbocycles. The van der Waals surface area contributed by atoms with Gasteiger partial charge in [0.1, 0.15) is 5.75 Å². The summed E-state index contributed by atoms with van der Waals surface area (Å²) >= 11 is 11.2. The molecule has 0 aliphatic rings. The van der Waals surface area contributed by atoms with Crippen molar-refractivity contribution in [1.29, 1.82) is 0 Å². The quantitative estimate of drug-likeness (QED) is 0.715. The summed E-state index contributed by atoms with van der Waals surface area (Å²) in [6, 6.07) is 2.91. The third-order valence-electron chi connectivity index (χ3n) is 1.43. The summed E-state index contributed by atoms with van der Waals surface area (Å²) in [5.74, 6) is -0.559. The smallest absolute Gasteiger partial charge is 0.165 e. The Labute approximate surface area is 79.7 Å². The highest BCUT2D eigenvalue weighted by Crippen LogP contribution is 2.32. The molecule has 2 nitrogen and oxygen atoms in total. The molecule has 0 amide bonds. The number of hydrogen-bond donors (Lipinski definition) is 1.